The van der Waals surface area contributed by atoms with Crippen LogP contribution in [0.15, 0.2) is 34.0 Å². The number of halogens is 1. The van der Waals surface area contributed by atoms with Crippen LogP contribution in [0, 0.1) is 0 Å². The minimum absolute atomic E-state index is 0.0867. The minimum Gasteiger partial charge on any atom is -0.466 e. The minimum atomic E-state index is -0.333. The molecular formula is C18H20ClN3O4S2. The zero-order valence-electron chi connectivity index (χ0n) is 15.4. The van der Waals surface area contributed by atoms with Gasteiger partial charge in [-0.3, -0.25) is 14.4 Å². The molecule has 28 heavy (non-hydrogen) atoms. The maximum Gasteiger partial charge on any atom is 0.311 e. The molecule has 7 nitrogen and oxygen atoms in total. The van der Waals surface area contributed by atoms with Crippen LogP contribution in [0.1, 0.15) is 12.6 Å². The molecule has 10 heteroatoms. The normalized spacial score (nSPS) is 10.4. The van der Waals surface area contributed by atoms with Gasteiger partial charge in [-0.2, -0.15) is 0 Å². The first-order chi connectivity index (χ1) is 13.4. The van der Waals surface area contributed by atoms with Gasteiger partial charge < -0.3 is 15.0 Å². The number of nitrogens with zero attached hydrogens (tertiary/aromatic N) is 2. The number of likely N-dealkylation sites (N-methyl/N-ethyl adjacent to an activating group) is 1. The van der Waals surface area contributed by atoms with Crippen molar-refractivity contribution in [2.75, 3.05) is 31.3 Å². The van der Waals surface area contributed by atoms with Gasteiger partial charge in [0.2, 0.25) is 11.8 Å². The van der Waals surface area contributed by atoms with E-state index in [1.807, 2.05) is 0 Å². The third-order valence-corrected chi connectivity index (χ3v) is 5.82. The quantitative estimate of drug-likeness (QED) is 0.475. The molecule has 2 rings (SSSR count). The number of benzene rings is 1. The topological polar surface area (TPSA) is 88.6 Å². The van der Waals surface area contributed by atoms with Crippen molar-refractivity contribution in [1.29, 1.82) is 0 Å². The Morgan fingerprint density at radius 3 is 2.79 bits per heavy atom. The Balaban J connectivity index is 1.78. The Bertz CT molecular complexity index is 844. The zero-order valence-corrected chi connectivity index (χ0v) is 17.8. The first-order valence-corrected chi connectivity index (χ1v) is 10.6. The van der Waals surface area contributed by atoms with Crippen LogP contribution in [0.25, 0.3) is 0 Å². The molecule has 0 aliphatic heterocycles. The molecule has 1 N–H and O–H groups in total. The van der Waals surface area contributed by atoms with Crippen LogP contribution in [0.3, 0.4) is 0 Å². The van der Waals surface area contributed by atoms with Gasteiger partial charge in [0.05, 0.1) is 41.7 Å². The highest BCUT2D eigenvalue weighted by molar-refractivity contribution is 8.01. The number of ether oxygens (including phenoxy) is 1. The predicted octanol–water partition coefficient (Wildman–Crippen LogP) is 3.09. The number of para-hydroxylation sites is 1. The number of nitrogens with one attached hydrogen (secondary N) is 1. The maximum absolute atomic E-state index is 12.2. The van der Waals surface area contributed by atoms with E-state index in [1.54, 1.807) is 43.6 Å². The molecule has 1 aromatic carbocycles. The number of rotatable bonds is 9. The van der Waals surface area contributed by atoms with Crippen molar-refractivity contribution in [1.82, 2.24) is 9.88 Å². The van der Waals surface area contributed by atoms with E-state index in [4.69, 9.17) is 16.3 Å². The van der Waals surface area contributed by atoms with Crippen LogP contribution in [-0.4, -0.2) is 53.6 Å². The number of thioether (sulfide) groups is 1. The summed E-state index contributed by atoms with van der Waals surface area (Å²) in [5.41, 5.74) is 1.12. The highest BCUT2D eigenvalue weighted by Gasteiger charge is 2.16. The fourth-order valence-electron chi connectivity index (χ4n) is 2.09. The van der Waals surface area contributed by atoms with Crippen LogP contribution in [0.5, 0.6) is 0 Å². The van der Waals surface area contributed by atoms with Crippen molar-refractivity contribution in [3.8, 4) is 0 Å². The van der Waals surface area contributed by atoms with Crippen LogP contribution in [-0.2, 0) is 25.5 Å². The van der Waals surface area contributed by atoms with Gasteiger partial charge in [0.1, 0.15) is 0 Å². The Morgan fingerprint density at radius 2 is 2.07 bits per heavy atom. The number of hydrogen-bond acceptors (Lipinski definition) is 7. The number of carbonyl (C=O) groups is 3. The molecule has 0 saturated carbocycles. The van der Waals surface area contributed by atoms with Crippen LogP contribution in [0.2, 0.25) is 5.02 Å². The third-order valence-electron chi connectivity index (χ3n) is 3.44. The standard InChI is InChI=1S/C18H20ClN3O4S2/c1-3-26-17(25)8-12-10-27-18(20-12)28-11-16(24)22(2)9-15(23)21-14-7-5-4-6-13(14)19/h4-7,10H,3,8-9,11H2,1-2H3,(H,21,23). The lowest BCUT2D eigenvalue weighted by molar-refractivity contribution is -0.142. The van der Waals surface area contributed by atoms with E-state index >= 15 is 0 Å². The third kappa shape index (κ3) is 7.14. The van der Waals surface area contributed by atoms with Gasteiger partial charge in [-0.25, -0.2) is 4.98 Å². The average molecular weight is 442 g/mol. The van der Waals surface area contributed by atoms with Crippen LogP contribution < -0.4 is 5.32 Å². The van der Waals surface area contributed by atoms with E-state index < -0.39 is 0 Å². The molecule has 0 unspecified atom stereocenters. The van der Waals surface area contributed by atoms with Crippen LogP contribution in [0.4, 0.5) is 5.69 Å². The van der Waals surface area contributed by atoms with E-state index in [-0.39, 0.29) is 36.5 Å². The second-order valence-corrected chi connectivity index (χ2v) is 8.14. The van der Waals surface area contributed by atoms with Crippen LogP contribution >= 0.6 is 34.7 Å². The second-order valence-electron chi connectivity index (χ2n) is 5.65. The summed E-state index contributed by atoms with van der Waals surface area (Å²) >= 11 is 8.63. The van der Waals surface area contributed by atoms with E-state index in [2.05, 4.69) is 10.3 Å². The lowest BCUT2D eigenvalue weighted by atomic mass is 10.3. The first kappa shape index (κ1) is 22.2. The van der Waals surface area contributed by atoms with Crippen molar-refractivity contribution in [3.05, 3.63) is 40.4 Å². The summed E-state index contributed by atoms with van der Waals surface area (Å²) in [5, 5.41) is 4.88. The van der Waals surface area contributed by atoms with Gasteiger partial charge in [-0.1, -0.05) is 35.5 Å². The predicted molar refractivity (Wildman–Crippen MR) is 111 cm³/mol. The zero-order chi connectivity index (χ0) is 20.5. The van der Waals surface area contributed by atoms with Gasteiger partial charge in [0.25, 0.3) is 0 Å². The van der Waals surface area contributed by atoms with Crippen molar-refractivity contribution >= 4 is 58.2 Å². The summed E-state index contributed by atoms with van der Waals surface area (Å²) in [4.78, 5) is 41.4. The van der Waals surface area contributed by atoms with E-state index in [0.717, 1.165) is 0 Å². The molecular weight excluding hydrogens is 422 g/mol. The van der Waals surface area contributed by atoms with Gasteiger partial charge in [0, 0.05) is 12.4 Å². The second kappa shape index (κ2) is 11.0. The van der Waals surface area contributed by atoms with E-state index in [9.17, 15) is 14.4 Å². The number of hydrogen-bond donors (Lipinski definition) is 1. The largest absolute Gasteiger partial charge is 0.466 e. The van der Waals surface area contributed by atoms with Crippen molar-refractivity contribution in [3.63, 3.8) is 0 Å². The van der Waals surface area contributed by atoms with Gasteiger partial charge >= 0.3 is 5.97 Å². The molecule has 2 amide bonds. The molecule has 0 spiro atoms. The Labute approximate surface area is 176 Å². The summed E-state index contributed by atoms with van der Waals surface area (Å²) in [7, 11) is 1.56. The number of esters is 1. The molecule has 2 aromatic rings. The number of carbonyl (C=O) groups excluding carboxylic acids is 3. The molecule has 0 fully saturated rings. The molecule has 0 aliphatic rings. The summed E-state index contributed by atoms with van der Waals surface area (Å²) in [6.07, 6.45) is 0.112. The van der Waals surface area contributed by atoms with Gasteiger partial charge in [0.15, 0.2) is 4.34 Å². The fraction of sp³-hybridized carbons (Fsp3) is 0.333. The molecule has 0 aliphatic carbocycles. The van der Waals surface area contributed by atoms with E-state index in [0.29, 0.717) is 27.4 Å². The van der Waals surface area contributed by atoms with Gasteiger partial charge in [-0.15, -0.1) is 11.3 Å². The summed E-state index contributed by atoms with van der Waals surface area (Å²) in [6, 6.07) is 6.89. The highest BCUT2D eigenvalue weighted by Crippen LogP contribution is 2.23. The highest BCUT2D eigenvalue weighted by atomic mass is 35.5. The summed E-state index contributed by atoms with van der Waals surface area (Å²) in [5.74, 6) is -0.728. The number of thiazole rings is 1. The number of aromatic nitrogens is 1. The number of amides is 2. The van der Waals surface area contributed by atoms with Crippen molar-refractivity contribution in [2.45, 2.75) is 17.7 Å². The van der Waals surface area contributed by atoms with Crippen molar-refractivity contribution < 1.29 is 19.1 Å². The smallest absolute Gasteiger partial charge is 0.311 e. The summed E-state index contributed by atoms with van der Waals surface area (Å²) in [6.45, 7) is 1.99. The monoisotopic (exact) mass is 441 g/mol. The van der Waals surface area contributed by atoms with Gasteiger partial charge in [-0.05, 0) is 19.1 Å². The first-order valence-electron chi connectivity index (χ1n) is 8.40. The Kier molecular flexibility index (Phi) is 8.75. The molecule has 0 radical (unpaired) electrons. The molecule has 1 aromatic heterocycles. The summed E-state index contributed by atoms with van der Waals surface area (Å²) < 4.78 is 5.57. The average Bonchev–Trinajstić information content (AvgIpc) is 3.09. The Hall–Kier alpha value is -2.10. The van der Waals surface area contributed by atoms with E-state index in [1.165, 1.54) is 28.0 Å². The number of anilines is 1. The molecule has 0 saturated heterocycles. The van der Waals surface area contributed by atoms with Crippen molar-refractivity contribution in [2.24, 2.45) is 0 Å². The molecule has 150 valence electrons. The Morgan fingerprint density at radius 1 is 1.32 bits per heavy atom. The fourth-order valence-corrected chi connectivity index (χ4v) is 4.05. The maximum atomic E-state index is 12.2. The lowest BCUT2D eigenvalue weighted by Crippen LogP contribution is -2.36. The lowest BCUT2D eigenvalue weighted by Gasteiger charge is -2.16. The molecule has 0 bridgehead atoms. The SMILES string of the molecule is CCOC(=O)Cc1csc(SCC(=O)N(C)CC(=O)Nc2ccccc2Cl)n1. The molecule has 0 atom stereocenters. The molecule has 1 heterocycles.